The largest absolute Gasteiger partial charge is 0.396 e. The Kier molecular flexibility index (Phi) is 4.22. The first-order valence-corrected chi connectivity index (χ1v) is 9.38. The number of anilines is 1. The minimum Gasteiger partial charge on any atom is -0.396 e. The second-order valence-corrected chi connectivity index (χ2v) is 8.84. The first kappa shape index (κ1) is 16.1. The summed E-state index contributed by atoms with van der Waals surface area (Å²) in [4.78, 5) is -0.755. The van der Waals surface area contributed by atoms with Crippen molar-refractivity contribution in [2.24, 2.45) is 0 Å². The Morgan fingerprint density at radius 1 is 1.14 bits per heavy atom. The van der Waals surface area contributed by atoms with E-state index >= 15 is 0 Å². The van der Waals surface area contributed by atoms with Crippen molar-refractivity contribution >= 4 is 25.5 Å². The Balaban J connectivity index is 2.22. The lowest BCUT2D eigenvalue weighted by atomic mass is 10.2. The molecule has 3 N–H and O–H groups in total. The van der Waals surface area contributed by atoms with Gasteiger partial charge in [0.1, 0.15) is 26.4 Å². The van der Waals surface area contributed by atoms with E-state index in [1.807, 2.05) is 0 Å². The van der Waals surface area contributed by atoms with Gasteiger partial charge in [0, 0.05) is 12.1 Å². The van der Waals surface area contributed by atoms with Crippen molar-refractivity contribution in [3.63, 3.8) is 0 Å². The van der Waals surface area contributed by atoms with Crippen LogP contribution in [0.15, 0.2) is 17.0 Å². The fourth-order valence-corrected chi connectivity index (χ4v) is 4.93. The number of hydrogen-bond donors (Lipinski definition) is 2. The summed E-state index contributed by atoms with van der Waals surface area (Å²) in [6.07, 6.45) is 0.222. The summed E-state index contributed by atoms with van der Waals surface area (Å²) < 4.78 is 75.5. The summed E-state index contributed by atoms with van der Waals surface area (Å²) in [5, 5.41) is 0. The van der Waals surface area contributed by atoms with E-state index in [1.54, 1.807) is 0 Å². The molecule has 0 radical (unpaired) electrons. The first-order valence-electron chi connectivity index (χ1n) is 6.08. The van der Waals surface area contributed by atoms with Gasteiger partial charge in [-0.15, -0.1) is 0 Å². The van der Waals surface area contributed by atoms with Crippen molar-refractivity contribution in [1.29, 1.82) is 0 Å². The van der Waals surface area contributed by atoms with Crippen LogP contribution in [-0.4, -0.2) is 34.4 Å². The summed E-state index contributed by atoms with van der Waals surface area (Å²) in [7, 11) is -7.37. The van der Waals surface area contributed by atoms with E-state index in [4.69, 9.17) is 5.73 Å². The summed E-state index contributed by atoms with van der Waals surface area (Å²) in [6.45, 7) is 0. The Bertz CT molecular complexity index is 749. The third-order valence-electron chi connectivity index (χ3n) is 3.22. The lowest BCUT2D eigenvalue weighted by Crippen LogP contribution is -2.41. The van der Waals surface area contributed by atoms with Crippen LogP contribution >= 0.6 is 0 Å². The Hall–Kier alpha value is -1.26. The Labute approximate surface area is 121 Å². The maximum absolute atomic E-state index is 13.6. The molecule has 0 unspecified atom stereocenters. The van der Waals surface area contributed by atoms with Crippen LogP contribution in [0.25, 0.3) is 0 Å². The molecule has 0 saturated carbocycles. The van der Waals surface area contributed by atoms with Gasteiger partial charge < -0.3 is 5.73 Å². The lowest BCUT2D eigenvalue weighted by Gasteiger charge is -2.23. The third-order valence-corrected chi connectivity index (χ3v) is 6.47. The normalized spacial score (nSPS) is 19.5. The molecule has 1 aromatic carbocycles. The molecule has 0 atom stereocenters. The molecular weight excluding hydrogens is 326 g/mol. The Morgan fingerprint density at radius 3 is 2.29 bits per heavy atom. The van der Waals surface area contributed by atoms with Gasteiger partial charge in [0.15, 0.2) is 0 Å². The van der Waals surface area contributed by atoms with Crippen LogP contribution in [0, 0.1) is 11.6 Å². The highest BCUT2D eigenvalue weighted by Gasteiger charge is 2.29. The topological polar surface area (TPSA) is 106 Å². The monoisotopic (exact) mass is 340 g/mol. The van der Waals surface area contributed by atoms with Crippen LogP contribution in [0.5, 0.6) is 0 Å². The van der Waals surface area contributed by atoms with Gasteiger partial charge >= 0.3 is 0 Å². The second kappa shape index (κ2) is 5.50. The van der Waals surface area contributed by atoms with Crippen molar-refractivity contribution in [1.82, 2.24) is 4.72 Å². The predicted octanol–water partition coefficient (Wildman–Crippen LogP) is 0.402. The highest BCUT2D eigenvalue weighted by atomic mass is 32.2. The van der Waals surface area contributed by atoms with Gasteiger partial charge in [-0.1, -0.05) is 0 Å². The molecule has 1 aromatic rings. The minimum absolute atomic E-state index is 0.111. The van der Waals surface area contributed by atoms with Crippen LogP contribution in [0.2, 0.25) is 0 Å². The lowest BCUT2D eigenvalue weighted by molar-refractivity contribution is 0.499. The zero-order valence-corrected chi connectivity index (χ0v) is 12.5. The zero-order valence-electron chi connectivity index (χ0n) is 10.8. The quantitative estimate of drug-likeness (QED) is 0.775. The summed E-state index contributed by atoms with van der Waals surface area (Å²) >= 11 is 0. The number of hydrogen-bond acceptors (Lipinski definition) is 5. The molecule has 10 heteroatoms. The van der Waals surface area contributed by atoms with E-state index in [1.165, 1.54) is 0 Å². The van der Waals surface area contributed by atoms with Crippen LogP contribution in [0.3, 0.4) is 0 Å². The van der Waals surface area contributed by atoms with Gasteiger partial charge in [-0.3, -0.25) is 0 Å². The predicted molar refractivity (Wildman–Crippen MR) is 72.8 cm³/mol. The first-order chi connectivity index (χ1) is 9.61. The maximum Gasteiger partial charge on any atom is 0.243 e. The van der Waals surface area contributed by atoms with Gasteiger partial charge in [-0.2, -0.15) is 0 Å². The van der Waals surface area contributed by atoms with Gasteiger partial charge in [0.05, 0.1) is 17.2 Å². The summed E-state index contributed by atoms with van der Waals surface area (Å²) in [6, 6.07) is 0.492. The van der Waals surface area contributed by atoms with Gasteiger partial charge in [-0.05, 0) is 18.9 Å². The Morgan fingerprint density at radius 2 is 1.71 bits per heavy atom. The SMILES string of the molecule is Nc1cc(S(=O)(=O)NC2CCS(=O)(=O)CC2)c(F)cc1F. The smallest absolute Gasteiger partial charge is 0.243 e. The van der Waals surface area contributed by atoms with Crippen LogP contribution in [0.1, 0.15) is 12.8 Å². The highest BCUT2D eigenvalue weighted by Crippen LogP contribution is 2.22. The summed E-state index contributed by atoms with van der Waals surface area (Å²) in [5.74, 6) is -2.56. The fraction of sp³-hybridized carbons (Fsp3) is 0.455. The van der Waals surface area contributed by atoms with E-state index < -0.39 is 48.1 Å². The van der Waals surface area contributed by atoms with Crippen LogP contribution in [-0.2, 0) is 19.9 Å². The molecule has 1 heterocycles. The molecule has 1 saturated heterocycles. The van der Waals surface area contributed by atoms with Crippen LogP contribution in [0.4, 0.5) is 14.5 Å². The molecule has 1 aliphatic rings. The van der Waals surface area contributed by atoms with E-state index in [0.29, 0.717) is 12.1 Å². The van der Waals surface area contributed by atoms with Gasteiger partial charge in [0.2, 0.25) is 10.0 Å². The standard InChI is InChI=1S/C11H14F2N2O4S2/c12-8-5-9(13)11(6-10(8)14)21(18,19)15-7-1-3-20(16,17)4-2-7/h5-7,15H,1-4,14H2. The van der Waals surface area contributed by atoms with Crippen molar-refractivity contribution in [2.75, 3.05) is 17.2 Å². The number of benzene rings is 1. The number of nitrogen functional groups attached to an aromatic ring is 1. The van der Waals surface area contributed by atoms with Gasteiger partial charge in [0.25, 0.3) is 0 Å². The number of rotatable bonds is 3. The molecular formula is C11H14F2N2O4S2. The molecule has 118 valence electrons. The number of nitrogens with one attached hydrogen (secondary N) is 1. The molecule has 0 aliphatic carbocycles. The second-order valence-electron chi connectivity index (χ2n) is 4.85. The maximum atomic E-state index is 13.6. The van der Waals surface area contributed by atoms with Crippen molar-refractivity contribution in [3.05, 3.63) is 23.8 Å². The van der Waals surface area contributed by atoms with E-state index in [-0.39, 0.29) is 24.3 Å². The van der Waals surface area contributed by atoms with E-state index in [9.17, 15) is 25.6 Å². The molecule has 0 spiro atoms. The molecule has 1 fully saturated rings. The minimum atomic E-state index is -4.23. The fourth-order valence-electron chi connectivity index (χ4n) is 2.04. The van der Waals surface area contributed by atoms with Gasteiger partial charge in [-0.25, -0.2) is 30.3 Å². The molecule has 0 bridgehead atoms. The number of halogens is 2. The van der Waals surface area contributed by atoms with Crippen molar-refractivity contribution < 1.29 is 25.6 Å². The molecule has 21 heavy (non-hydrogen) atoms. The molecule has 1 aliphatic heterocycles. The van der Waals surface area contributed by atoms with E-state index in [2.05, 4.69) is 4.72 Å². The average molecular weight is 340 g/mol. The average Bonchev–Trinajstić information content (AvgIpc) is 2.36. The third kappa shape index (κ3) is 3.69. The van der Waals surface area contributed by atoms with Crippen LogP contribution < -0.4 is 10.5 Å². The number of sulfone groups is 1. The van der Waals surface area contributed by atoms with Crippen molar-refractivity contribution in [3.8, 4) is 0 Å². The number of sulfonamides is 1. The van der Waals surface area contributed by atoms with E-state index in [0.717, 1.165) is 0 Å². The molecule has 6 nitrogen and oxygen atoms in total. The highest BCUT2D eigenvalue weighted by molar-refractivity contribution is 7.91. The van der Waals surface area contributed by atoms with Crippen molar-refractivity contribution in [2.45, 2.75) is 23.8 Å². The zero-order chi connectivity index (χ0) is 15.8. The molecule has 0 amide bonds. The number of nitrogens with two attached hydrogens (primary N) is 1. The molecule has 2 rings (SSSR count). The molecule has 0 aromatic heterocycles. The summed E-state index contributed by atoms with van der Waals surface area (Å²) in [5.41, 5.74) is 4.76.